The van der Waals surface area contributed by atoms with Crippen LogP contribution in [0.5, 0.6) is 0 Å². The number of aromatic nitrogens is 1. The molecule has 0 saturated heterocycles. The maximum Gasteiger partial charge on any atom is 0.147 e. The molecule has 4 rings (SSSR count). The van der Waals surface area contributed by atoms with Crippen LogP contribution >= 0.6 is 0 Å². The molecule has 0 bridgehead atoms. The lowest BCUT2D eigenvalue weighted by atomic mass is 9.91. The molecule has 0 radical (unpaired) electrons. The van der Waals surface area contributed by atoms with Crippen molar-refractivity contribution in [3.63, 3.8) is 0 Å². The molecular formula is C29H32FNO3S. The first-order valence-corrected chi connectivity index (χ1v) is 14.2. The lowest BCUT2D eigenvalue weighted by Gasteiger charge is -2.15. The van der Waals surface area contributed by atoms with Crippen molar-refractivity contribution < 1.29 is 17.6 Å². The van der Waals surface area contributed by atoms with Crippen LogP contribution in [0.2, 0.25) is 0 Å². The summed E-state index contributed by atoms with van der Waals surface area (Å²) in [6, 6.07) is 17.2. The molecule has 0 spiro atoms. The Hall–Kier alpha value is -2.86. The first-order valence-electron chi connectivity index (χ1n) is 12.2. The third-order valence-electron chi connectivity index (χ3n) is 6.73. The number of halogens is 1. The summed E-state index contributed by atoms with van der Waals surface area (Å²) in [6.07, 6.45) is 4.53. The second-order valence-electron chi connectivity index (χ2n) is 9.81. The lowest BCUT2D eigenvalue weighted by Crippen LogP contribution is -2.12. The molecule has 6 heteroatoms. The number of Topliss-reactive ketones (excluding diaryl/α,β-unsaturated/α-hetero) is 1. The minimum absolute atomic E-state index is 0.0368. The van der Waals surface area contributed by atoms with Crippen molar-refractivity contribution in [2.24, 2.45) is 0 Å². The highest BCUT2D eigenvalue weighted by Crippen LogP contribution is 2.40. The molecule has 4 nitrogen and oxygen atoms in total. The van der Waals surface area contributed by atoms with Gasteiger partial charge >= 0.3 is 0 Å². The molecule has 184 valence electrons. The number of ketones is 1. The number of benzene rings is 2. The molecule has 0 amide bonds. The molecule has 35 heavy (non-hydrogen) atoms. The Bertz CT molecular complexity index is 1350. The molecule has 0 N–H and O–H groups in total. The third kappa shape index (κ3) is 6.63. The zero-order valence-electron chi connectivity index (χ0n) is 20.6. The first kappa shape index (κ1) is 25.2. The molecule has 1 aliphatic carbocycles. The Kier molecular flexibility index (Phi) is 7.50. The molecular weight excluding hydrogens is 461 g/mol. The molecule has 1 heterocycles. The van der Waals surface area contributed by atoms with Gasteiger partial charge in [-0.3, -0.25) is 9.78 Å². The van der Waals surface area contributed by atoms with Gasteiger partial charge in [-0.2, -0.15) is 0 Å². The van der Waals surface area contributed by atoms with E-state index in [2.05, 4.69) is 37.3 Å². The average Bonchev–Trinajstić information content (AvgIpc) is 3.66. The standard InChI is InChI=1S/C29H32FNO3S/c1-19-5-4-6-25(17-19)29-23(11-13-27(31-29)22-8-9-22)12-14-28(32)20(2)24-10-7-21(26(30)18-24)15-16-35(3,33)34/h4-7,10-11,13,17-18,20,22H,8-9,12,14-16H2,1-3H3. The van der Waals surface area contributed by atoms with Gasteiger partial charge in [-0.1, -0.05) is 48.9 Å². The van der Waals surface area contributed by atoms with E-state index in [4.69, 9.17) is 4.98 Å². The van der Waals surface area contributed by atoms with Gasteiger partial charge in [0.05, 0.1) is 11.4 Å². The monoisotopic (exact) mass is 493 g/mol. The van der Waals surface area contributed by atoms with Crippen LogP contribution in [0.25, 0.3) is 11.3 Å². The van der Waals surface area contributed by atoms with E-state index in [9.17, 15) is 17.6 Å². The first-order chi connectivity index (χ1) is 16.6. The van der Waals surface area contributed by atoms with Crippen molar-refractivity contribution in [1.82, 2.24) is 4.98 Å². The Balaban J connectivity index is 1.48. The van der Waals surface area contributed by atoms with E-state index in [1.807, 2.05) is 6.07 Å². The summed E-state index contributed by atoms with van der Waals surface area (Å²) in [5.74, 6) is -0.435. The van der Waals surface area contributed by atoms with E-state index >= 15 is 0 Å². The molecule has 1 atom stereocenters. The number of nitrogens with zero attached hydrogens (tertiary/aromatic N) is 1. The second kappa shape index (κ2) is 10.4. The van der Waals surface area contributed by atoms with Crippen LogP contribution in [0.15, 0.2) is 54.6 Å². The molecule has 3 aromatic rings. The number of carbonyl (C=O) groups is 1. The number of rotatable bonds is 10. The minimum atomic E-state index is -3.17. The fourth-order valence-corrected chi connectivity index (χ4v) is 4.94. The number of carbonyl (C=O) groups excluding carboxylic acids is 1. The summed E-state index contributed by atoms with van der Waals surface area (Å²) in [5.41, 5.74) is 6.30. The second-order valence-corrected chi connectivity index (χ2v) is 12.1. The van der Waals surface area contributed by atoms with Crippen LogP contribution < -0.4 is 0 Å². The molecule has 1 fully saturated rings. The highest BCUT2D eigenvalue weighted by atomic mass is 32.2. The third-order valence-corrected chi connectivity index (χ3v) is 7.68. The Morgan fingerprint density at radius 2 is 1.80 bits per heavy atom. The molecule has 1 saturated carbocycles. The smallest absolute Gasteiger partial charge is 0.147 e. The van der Waals surface area contributed by atoms with Gasteiger partial charge in [0.1, 0.15) is 21.4 Å². The van der Waals surface area contributed by atoms with E-state index < -0.39 is 21.6 Å². The fourth-order valence-electron chi connectivity index (χ4n) is 4.34. The van der Waals surface area contributed by atoms with E-state index in [1.165, 1.54) is 24.5 Å². The van der Waals surface area contributed by atoms with Crippen molar-refractivity contribution in [3.8, 4) is 11.3 Å². The van der Waals surface area contributed by atoms with Gasteiger partial charge in [-0.15, -0.1) is 0 Å². The van der Waals surface area contributed by atoms with Crippen LogP contribution in [-0.4, -0.2) is 31.2 Å². The number of pyridine rings is 1. The highest BCUT2D eigenvalue weighted by molar-refractivity contribution is 7.90. The number of aryl methyl sites for hydroxylation is 3. The van der Waals surface area contributed by atoms with Crippen LogP contribution in [0.4, 0.5) is 4.39 Å². The van der Waals surface area contributed by atoms with Crippen LogP contribution in [0, 0.1) is 12.7 Å². The van der Waals surface area contributed by atoms with Crippen LogP contribution in [-0.2, 0) is 27.5 Å². The lowest BCUT2D eigenvalue weighted by molar-refractivity contribution is -0.120. The summed E-state index contributed by atoms with van der Waals surface area (Å²) in [5, 5.41) is 0. The summed E-state index contributed by atoms with van der Waals surface area (Å²) >= 11 is 0. The predicted molar refractivity (Wildman–Crippen MR) is 138 cm³/mol. The maximum absolute atomic E-state index is 14.6. The van der Waals surface area contributed by atoms with Gasteiger partial charge in [0.15, 0.2) is 0 Å². The maximum atomic E-state index is 14.6. The minimum Gasteiger partial charge on any atom is -0.299 e. The Labute approximate surface area is 207 Å². The van der Waals surface area contributed by atoms with Crippen molar-refractivity contribution >= 4 is 15.6 Å². The van der Waals surface area contributed by atoms with Crippen molar-refractivity contribution in [2.75, 3.05) is 12.0 Å². The van der Waals surface area contributed by atoms with E-state index in [0.717, 1.165) is 28.8 Å². The normalized spacial score (nSPS) is 14.6. The predicted octanol–water partition coefficient (Wildman–Crippen LogP) is 5.97. The Morgan fingerprint density at radius 1 is 1.06 bits per heavy atom. The molecule has 1 aromatic heterocycles. The summed E-state index contributed by atoms with van der Waals surface area (Å²) in [7, 11) is -3.17. The summed E-state index contributed by atoms with van der Waals surface area (Å²) in [6.45, 7) is 3.86. The fraction of sp³-hybridized carbons (Fsp3) is 0.379. The molecule has 0 aliphatic heterocycles. The van der Waals surface area contributed by atoms with Crippen LogP contribution in [0.3, 0.4) is 0 Å². The van der Waals surface area contributed by atoms with Gasteiger partial charge in [-0.05, 0) is 67.5 Å². The van der Waals surface area contributed by atoms with Crippen molar-refractivity contribution in [2.45, 2.75) is 57.8 Å². The quantitative estimate of drug-likeness (QED) is 0.349. The number of hydrogen-bond acceptors (Lipinski definition) is 4. The molecule has 2 aromatic carbocycles. The largest absolute Gasteiger partial charge is 0.299 e. The summed E-state index contributed by atoms with van der Waals surface area (Å²) < 4.78 is 37.3. The van der Waals surface area contributed by atoms with Crippen molar-refractivity contribution in [1.29, 1.82) is 0 Å². The van der Waals surface area contributed by atoms with Gasteiger partial charge in [0.2, 0.25) is 0 Å². The van der Waals surface area contributed by atoms with Crippen LogP contribution in [0.1, 0.15) is 66.0 Å². The van der Waals surface area contributed by atoms with Gasteiger partial charge in [0.25, 0.3) is 0 Å². The average molecular weight is 494 g/mol. The number of sulfone groups is 1. The highest BCUT2D eigenvalue weighted by Gasteiger charge is 2.26. The van der Waals surface area contributed by atoms with E-state index in [-0.39, 0.29) is 18.0 Å². The van der Waals surface area contributed by atoms with Crippen molar-refractivity contribution in [3.05, 3.63) is 88.4 Å². The summed E-state index contributed by atoms with van der Waals surface area (Å²) in [4.78, 5) is 18.0. The van der Waals surface area contributed by atoms with E-state index in [0.29, 0.717) is 29.9 Å². The zero-order valence-corrected chi connectivity index (χ0v) is 21.4. The topological polar surface area (TPSA) is 64.1 Å². The van der Waals surface area contributed by atoms with Gasteiger partial charge in [0, 0.05) is 35.8 Å². The Morgan fingerprint density at radius 3 is 2.46 bits per heavy atom. The zero-order chi connectivity index (χ0) is 25.2. The van der Waals surface area contributed by atoms with Gasteiger partial charge < -0.3 is 0 Å². The molecule has 1 unspecified atom stereocenters. The number of hydrogen-bond donors (Lipinski definition) is 0. The van der Waals surface area contributed by atoms with E-state index in [1.54, 1.807) is 19.1 Å². The molecule has 1 aliphatic rings. The van der Waals surface area contributed by atoms with Gasteiger partial charge in [-0.25, -0.2) is 12.8 Å². The SMILES string of the molecule is Cc1cccc(-c2nc(C3CC3)ccc2CCC(=O)C(C)c2ccc(CCS(C)(=O)=O)c(F)c2)c1.